The van der Waals surface area contributed by atoms with E-state index in [1.165, 1.54) is 0 Å². The lowest BCUT2D eigenvalue weighted by Crippen LogP contribution is -2.41. The van der Waals surface area contributed by atoms with Crippen LogP contribution in [0.2, 0.25) is 0 Å². The quantitative estimate of drug-likeness (QED) is 0.171. The van der Waals surface area contributed by atoms with Gasteiger partial charge in [0.25, 0.3) is 0 Å². The Morgan fingerprint density at radius 2 is 1.00 bits per heavy atom. The van der Waals surface area contributed by atoms with Crippen LogP contribution >= 0.6 is 7.26 Å². The van der Waals surface area contributed by atoms with Crippen molar-refractivity contribution in [3.8, 4) is 11.4 Å². The molecule has 42 heavy (non-hydrogen) atoms. The minimum absolute atomic E-state index is 0.373. The first-order valence-electron chi connectivity index (χ1n) is 13.4. The van der Waals surface area contributed by atoms with E-state index in [0.29, 0.717) is 17.0 Å². The Morgan fingerprint density at radius 1 is 0.595 bits per heavy atom. The van der Waals surface area contributed by atoms with Crippen molar-refractivity contribution in [3.05, 3.63) is 157 Å². The number of benzene rings is 5. The Hall–Kier alpha value is -4.49. The number of tetrazole rings is 1. The van der Waals surface area contributed by atoms with Gasteiger partial charge in [-0.2, -0.15) is 4.68 Å². The SMILES string of the molecule is O=S(=O)([O-])C(c1ccccc1)C(n1nnnc1-c1ccccc1)[P+](c1ccccc1)(c1ccccc1)c1ccccc1. The second-order valence-corrected chi connectivity index (χ2v) is 14.8. The normalized spacial score (nSPS) is 13.4. The summed E-state index contributed by atoms with van der Waals surface area (Å²) in [7, 11) is -8.06. The number of hydrogen-bond acceptors (Lipinski definition) is 6. The Morgan fingerprint density at radius 3 is 1.43 bits per heavy atom. The van der Waals surface area contributed by atoms with E-state index in [0.717, 1.165) is 15.9 Å². The summed E-state index contributed by atoms with van der Waals surface area (Å²) >= 11 is 0. The van der Waals surface area contributed by atoms with E-state index in [9.17, 15) is 13.0 Å². The van der Waals surface area contributed by atoms with Crippen LogP contribution in [0.1, 0.15) is 16.6 Å². The van der Waals surface area contributed by atoms with Crippen LogP contribution in [-0.4, -0.2) is 33.2 Å². The maximum atomic E-state index is 13.6. The molecular formula is C33H27N4O3PS. The second-order valence-electron chi connectivity index (χ2n) is 9.78. The lowest BCUT2D eigenvalue weighted by molar-refractivity contribution is 0.429. The third-order valence-electron chi connectivity index (χ3n) is 7.37. The largest absolute Gasteiger partial charge is 0.747 e. The van der Waals surface area contributed by atoms with E-state index in [1.807, 2.05) is 121 Å². The molecule has 7 nitrogen and oxygen atoms in total. The maximum absolute atomic E-state index is 13.6. The van der Waals surface area contributed by atoms with E-state index in [-0.39, 0.29) is 0 Å². The Bertz CT molecular complexity index is 1760. The Balaban J connectivity index is 1.82. The van der Waals surface area contributed by atoms with Gasteiger partial charge in [0.05, 0.1) is 0 Å². The topological polar surface area (TPSA) is 101 Å². The van der Waals surface area contributed by atoms with Crippen LogP contribution in [-0.2, 0) is 10.1 Å². The van der Waals surface area contributed by atoms with Gasteiger partial charge in [0.2, 0.25) is 0 Å². The van der Waals surface area contributed by atoms with E-state index in [2.05, 4.69) is 15.5 Å². The Kier molecular flexibility index (Phi) is 7.76. The predicted molar refractivity (Wildman–Crippen MR) is 166 cm³/mol. The van der Waals surface area contributed by atoms with Crippen LogP contribution < -0.4 is 15.9 Å². The third kappa shape index (κ3) is 5.05. The zero-order chi connectivity index (χ0) is 29.0. The van der Waals surface area contributed by atoms with Gasteiger partial charge in [-0.1, -0.05) is 115 Å². The first-order chi connectivity index (χ1) is 20.5. The maximum Gasteiger partial charge on any atom is 0.198 e. The van der Waals surface area contributed by atoms with Crippen LogP contribution in [0.3, 0.4) is 0 Å². The number of hydrogen-bond donors (Lipinski definition) is 0. The first kappa shape index (κ1) is 27.7. The summed E-state index contributed by atoms with van der Waals surface area (Å²) in [5, 5.41) is 14.1. The molecule has 1 aromatic heterocycles. The van der Waals surface area contributed by atoms with Gasteiger partial charge in [-0.05, 0) is 52.4 Å². The molecular weight excluding hydrogens is 563 g/mol. The summed E-state index contributed by atoms with van der Waals surface area (Å²) in [4.78, 5) is 0. The highest BCUT2D eigenvalue weighted by Crippen LogP contribution is 2.69. The zero-order valence-electron chi connectivity index (χ0n) is 22.5. The molecule has 0 spiro atoms. The van der Waals surface area contributed by atoms with Crippen LogP contribution in [0.5, 0.6) is 0 Å². The molecule has 0 bridgehead atoms. The average molecular weight is 591 g/mol. The van der Waals surface area contributed by atoms with Crippen LogP contribution in [0, 0.1) is 0 Å². The molecule has 0 saturated carbocycles. The summed E-state index contributed by atoms with van der Waals surface area (Å²) < 4.78 is 42.5. The van der Waals surface area contributed by atoms with Gasteiger partial charge >= 0.3 is 0 Å². The lowest BCUT2D eigenvalue weighted by Gasteiger charge is -2.39. The van der Waals surface area contributed by atoms with Crippen LogP contribution in [0.15, 0.2) is 152 Å². The van der Waals surface area contributed by atoms with E-state index >= 15 is 0 Å². The van der Waals surface area contributed by atoms with E-state index in [1.54, 1.807) is 35.0 Å². The molecule has 6 aromatic rings. The summed E-state index contributed by atoms with van der Waals surface area (Å²) in [6, 6.07) is 47.5. The summed E-state index contributed by atoms with van der Waals surface area (Å²) in [5.74, 6) is -0.669. The fourth-order valence-corrected chi connectivity index (χ4v) is 12.4. The van der Waals surface area contributed by atoms with E-state index in [4.69, 9.17) is 0 Å². The number of nitrogens with zero attached hydrogens (tertiary/aromatic N) is 4. The van der Waals surface area contributed by atoms with Crippen LogP contribution in [0.4, 0.5) is 0 Å². The van der Waals surface area contributed by atoms with Crippen LogP contribution in [0.25, 0.3) is 11.4 Å². The van der Waals surface area contributed by atoms with Crippen molar-refractivity contribution in [2.45, 2.75) is 11.0 Å². The standard InChI is InChI=1S/C33H27N4O3PS/c38-42(39,40)31(26-16-6-1-7-17-26)33(37-32(34-35-36-37)27-18-8-2-9-19-27)41(28-20-10-3-11-21-28,29-22-12-4-13-23-29)30-24-14-5-15-25-30/h1-25,31,33H. The van der Waals surface area contributed by atoms with Gasteiger partial charge in [-0.3, -0.25) is 0 Å². The molecule has 1 heterocycles. The fourth-order valence-electron chi connectivity index (χ4n) is 5.67. The molecule has 5 aromatic carbocycles. The molecule has 6 rings (SSSR count). The zero-order valence-corrected chi connectivity index (χ0v) is 24.2. The minimum Gasteiger partial charge on any atom is -0.747 e. The molecule has 0 saturated heterocycles. The molecule has 0 amide bonds. The highest BCUT2D eigenvalue weighted by Gasteiger charge is 2.59. The molecule has 0 fully saturated rings. The molecule has 0 aliphatic carbocycles. The average Bonchev–Trinajstić information content (AvgIpc) is 3.52. The molecule has 0 N–H and O–H groups in total. The van der Waals surface area contributed by atoms with Gasteiger partial charge in [0.1, 0.15) is 38.5 Å². The van der Waals surface area contributed by atoms with Crippen molar-refractivity contribution in [2.75, 3.05) is 0 Å². The fraction of sp³-hybridized carbons (Fsp3) is 0.0606. The monoisotopic (exact) mass is 590 g/mol. The van der Waals surface area contributed by atoms with Crippen molar-refractivity contribution in [3.63, 3.8) is 0 Å². The third-order valence-corrected chi connectivity index (χ3v) is 13.4. The van der Waals surface area contributed by atoms with Crippen molar-refractivity contribution >= 4 is 33.3 Å². The predicted octanol–water partition coefficient (Wildman–Crippen LogP) is 5.12. The van der Waals surface area contributed by atoms with Crippen molar-refractivity contribution < 1.29 is 13.0 Å². The minimum atomic E-state index is -4.99. The summed E-state index contributed by atoms with van der Waals surface area (Å²) in [6.45, 7) is 0. The molecule has 208 valence electrons. The molecule has 0 radical (unpaired) electrons. The van der Waals surface area contributed by atoms with Crippen molar-refractivity contribution in [1.82, 2.24) is 20.2 Å². The molecule has 0 aliphatic heterocycles. The summed E-state index contributed by atoms with van der Waals surface area (Å²) in [5.41, 5.74) is 1.08. The number of aromatic nitrogens is 4. The van der Waals surface area contributed by atoms with Gasteiger partial charge < -0.3 is 4.55 Å². The molecule has 0 aliphatic rings. The van der Waals surface area contributed by atoms with Gasteiger partial charge in [-0.25, -0.2) is 8.42 Å². The van der Waals surface area contributed by atoms with Crippen molar-refractivity contribution in [1.29, 1.82) is 0 Å². The Labute approximate surface area is 245 Å². The van der Waals surface area contributed by atoms with Gasteiger partial charge in [0.15, 0.2) is 11.6 Å². The summed E-state index contributed by atoms with van der Waals surface area (Å²) in [6.07, 6.45) is 0. The first-order valence-corrected chi connectivity index (χ1v) is 16.7. The van der Waals surface area contributed by atoms with Crippen molar-refractivity contribution in [2.24, 2.45) is 0 Å². The molecule has 2 unspecified atom stereocenters. The van der Waals surface area contributed by atoms with E-state index < -0.39 is 28.4 Å². The molecule has 9 heteroatoms. The van der Waals surface area contributed by atoms with Gasteiger partial charge in [0, 0.05) is 5.56 Å². The smallest absolute Gasteiger partial charge is 0.198 e. The second kappa shape index (κ2) is 11.8. The number of rotatable bonds is 9. The highest BCUT2D eigenvalue weighted by molar-refractivity contribution is 7.97. The molecule has 2 atom stereocenters. The lowest BCUT2D eigenvalue weighted by atomic mass is 10.1. The van der Waals surface area contributed by atoms with Gasteiger partial charge in [-0.15, -0.1) is 5.10 Å². The highest BCUT2D eigenvalue weighted by atomic mass is 32.2.